The molecule has 1 rings (SSSR count). The van der Waals surface area contributed by atoms with Crippen LogP contribution in [0, 0.1) is 0 Å². The van der Waals surface area contributed by atoms with Crippen molar-refractivity contribution >= 4 is 21.3 Å². The molecule has 0 aromatic rings. The summed E-state index contributed by atoms with van der Waals surface area (Å²) in [7, 11) is -5.59. The third-order valence-corrected chi connectivity index (χ3v) is 6.32. The first-order valence-corrected chi connectivity index (χ1v) is 8.76. The number of hydrogen-bond acceptors (Lipinski definition) is 8. The monoisotopic (exact) mass is 335 g/mol. The minimum absolute atomic E-state index is 0.0832. The first-order chi connectivity index (χ1) is 9.19. The molecule has 1 heterocycles. The smallest absolute Gasteiger partial charge is 0.394 e. The lowest BCUT2D eigenvalue weighted by Crippen LogP contribution is -2.42. The lowest BCUT2D eigenvalue weighted by Gasteiger charge is -2.20. The van der Waals surface area contributed by atoms with Crippen LogP contribution >= 0.6 is 0 Å². The molecule has 0 aromatic carbocycles. The molecule has 6 atom stereocenters. The van der Waals surface area contributed by atoms with Crippen LogP contribution in [0.1, 0.15) is 0 Å². The van der Waals surface area contributed by atoms with E-state index >= 15 is 0 Å². The van der Waals surface area contributed by atoms with Crippen LogP contribution in [-0.2, 0) is 25.5 Å². The lowest BCUT2D eigenvalue weighted by atomic mass is 10.2. The molecule has 6 N–H and O–H groups in total. The van der Waals surface area contributed by atoms with Gasteiger partial charge in [-0.15, -0.1) is 0 Å². The normalized spacial score (nSPS) is 34.1. The molecule has 0 aromatic heterocycles. The topological polar surface area (TPSA) is 165 Å². The Labute approximate surface area is 119 Å². The predicted molar refractivity (Wildman–Crippen MR) is 69.5 cm³/mol. The summed E-state index contributed by atoms with van der Waals surface area (Å²) < 4.78 is 33.8. The Morgan fingerprint density at radius 2 is 1.90 bits per heavy atom. The van der Waals surface area contributed by atoms with Crippen LogP contribution in [0.4, 0.5) is 0 Å². The van der Waals surface area contributed by atoms with Crippen LogP contribution in [0.3, 0.4) is 0 Å². The van der Waals surface area contributed by atoms with Crippen LogP contribution in [0.25, 0.3) is 0 Å². The van der Waals surface area contributed by atoms with Crippen LogP contribution in [0.15, 0.2) is 0 Å². The molecule has 0 aliphatic carbocycles. The van der Waals surface area contributed by atoms with Gasteiger partial charge in [0.25, 0.3) is 0 Å². The van der Waals surface area contributed by atoms with E-state index in [-0.39, 0.29) is 11.5 Å². The number of aliphatic hydroxyl groups excluding tert-OH is 5. The molecule has 0 spiro atoms. The quantitative estimate of drug-likeness (QED) is 0.202. The molecule has 2 unspecified atom stereocenters. The fourth-order valence-electron chi connectivity index (χ4n) is 1.99. The second-order valence-electron chi connectivity index (χ2n) is 4.46. The molecule has 11 heteroatoms. The maximum atomic E-state index is 10.6. The summed E-state index contributed by atoms with van der Waals surface area (Å²) in [6.45, 7) is -1.23. The molecule has 1 aliphatic heterocycles. The van der Waals surface area contributed by atoms with Gasteiger partial charge in [-0.25, -0.2) is 4.18 Å². The van der Waals surface area contributed by atoms with Crippen molar-refractivity contribution < 1.29 is 42.7 Å². The van der Waals surface area contributed by atoms with Crippen LogP contribution in [0.5, 0.6) is 0 Å². The van der Waals surface area contributed by atoms with Gasteiger partial charge in [-0.2, -0.15) is 8.42 Å². The van der Waals surface area contributed by atoms with E-state index in [1.54, 1.807) is 0 Å². The third-order valence-electron chi connectivity index (χ3n) is 3.01. The van der Waals surface area contributed by atoms with E-state index < -0.39 is 64.2 Å². The molecule has 120 valence electrons. The van der Waals surface area contributed by atoms with Crippen LogP contribution < -0.4 is 0 Å². The van der Waals surface area contributed by atoms with Crippen molar-refractivity contribution in [2.75, 3.05) is 24.7 Å². The SMILES string of the molecule is O=S(=O)(O)O[C@@H](CO)C(O)C[S+]1C[C@@H](O)[C@H](O)[C@H]1CO. The zero-order chi connectivity index (χ0) is 15.5. The largest absolute Gasteiger partial charge is 0.397 e. The average molecular weight is 335 g/mol. The first kappa shape index (κ1) is 18.1. The second-order valence-corrected chi connectivity index (χ2v) is 7.86. The molecule has 1 aliphatic rings. The fraction of sp³-hybridized carbons (Fsp3) is 1.00. The van der Waals surface area contributed by atoms with Crippen molar-refractivity contribution in [1.82, 2.24) is 0 Å². The summed E-state index contributed by atoms with van der Waals surface area (Å²) in [6, 6.07) is 0. The molecule has 1 saturated heterocycles. The Hall–Kier alpha value is 0.0200. The van der Waals surface area contributed by atoms with Crippen molar-refractivity contribution in [3.05, 3.63) is 0 Å². The van der Waals surface area contributed by atoms with E-state index in [1.807, 2.05) is 0 Å². The number of hydrogen-bond donors (Lipinski definition) is 6. The standard InChI is InChI=1S/C9H18O9S2/c10-1-7(18-20(15,16)17)5(12)3-19-4-6(13)9(14)8(19)2-11/h5-14H,1-4H2/p+1/t5?,6-,7+,8-,9+,19?/m1/s1. The number of rotatable bonds is 7. The van der Waals surface area contributed by atoms with E-state index in [0.29, 0.717) is 0 Å². The van der Waals surface area contributed by atoms with Gasteiger partial charge in [0.2, 0.25) is 0 Å². The van der Waals surface area contributed by atoms with Gasteiger partial charge in [-0.1, -0.05) is 0 Å². The Morgan fingerprint density at radius 1 is 1.30 bits per heavy atom. The van der Waals surface area contributed by atoms with Gasteiger partial charge in [0.05, 0.1) is 13.2 Å². The second kappa shape index (κ2) is 7.33. The molecule has 20 heavy (non-hydrogen) atoms. The van der Waals surface area contributed by atoms with E-state index in [2.05, 4.69) is 4.18 Å². The third kappa shape index (κ3) is 4.79. The minimum Gasteiger partial charge on any atom is -0.394 e. The molecule has 9 nitrogen and oxygen atoms in total. The Bertz CT molecular complexity index is 400. The maximum absolute atomic E-state index is 10.6. The van der Waals surface area contributed by atoms with Crippen molar-refractivity contribution in [2.24, 2.45) is 0 Å². The number of aliphatic hydroxyl groups is 5. The highest BCUT2D eigenvalue weighted by Gasteiger charge is 2.50. The van der Waals surface area contributed by atoms with Crippen molar-refractivity contribution in [3.8, 4) is 0 Å². The Kier molecular flexibility index (Phi) is 6.63. The van der Waals surface area contributed by atoms with Gasteiger partial charge in [-0.05, 0) is 0 Å². The summed E-state index contributed by atoms with van der Waals surface area (Å²) in [4.78, 5) is 0. The van der Waals surface area contributed by atoms with E-state index in [9.17, 15) is 23.7 Å². The maximum Gasteiger partial charge on any atom is 0.397 e. The Morgan fingerprint density at radius 3 is 2.35 bits per heavy atom. The summed E-state index contributed by atoms with van der Waals surface area (Å²) in [6.07, 6.45) is -5.13. The predicted octanol–water partition coefficient (Wildman–Crippen LogP) is -3.76. The molecule has 0 bridgehead atoms. The molecular formula is C9H19O9S2+. The molecule has 0 radical (unpaired) electrons. The molecular weight excluding hydrogens is 316 g/mol. The van der Waals surface area contributed by atoms with Gasteiger partial charge in [-0.3, -0.25) is 4.55 Å². The van der Waals surface area contributed by atoms with Crippen LogP contribution in [-0.4, -0.2) is 92.9 Å². The van der Waals surface area contributed by atoms with E-state index in [1.165, 1.54) is 0 Å². The van der Waals surface area contributed by atoms with Crippen molar-refractivity contribution in [1.29, 1.82) is 0 Å². The van der Waals surface area contributed by atoms with E-state index in [0.717, 1.165) is 0 Å². The van der Waals surface area contributed by atoms with Crippen molar-refractivity contribution in [3.63, 3.8) is 0 Å². The Balaban J connectivity index is 2.66. The van der Waals surface area contributed by atoms with E-state index in [4.69, 9.17) is 14.8 Å². The zero-order valence-electron chi connectivity index (χ0n) is 10.4. The summed E-state index contributed by atoms with van der Waals surface area (Å²) in [5.41, 5.74) is 0. The molecule has 0 saturated carbocycles. The van der Waals surface area contributed by atoms with Gasteiger partial charge in [0, 0.05) is 10.9 Å². The first-order valence-electron chi connectivity index (χ1n) is 5.77. The zero-order valence-corrected chi connectivity index (χ0v) is 12.1. The molecule has 0 amide bonds. The highest BCUT2D eigenvalue weighted by molar-refractivity contribution is 7.97. The summed E-state index contributed by atoms with van der Waals surface area (Å²) in [5.74, 6) is 0.0631. The summed E-state index contributed by atoms with van der Waals surface area (Å²) >= 11 is 0. The van der Waals surface area contributed by atoms with Crippen molar-refractivity contribution in [2.45, 2.75) is 29.7 Å². The van der Waals surface area contributed by atoms with Gasteiger partial charge in [0.1, 0.15) is 35.9 Å². The van der Waals surface area contributed by atoms with Gasteiger partial charge >= 0.3 is 10.4 Å². The van der Waals surface area contributed by atoms with Crippen LogP contribution in [0.2, 0.25) is 0 Å². The fourth-order valence-corrected chi connectivity index (χ4v) is 5.20. The average Bonchev–Trinajstić information content (AvgIpc) is 2.60. The summed E-state index contributed by atoms with van der Waals surface area (Å²) in [5, 5.41) is 46.4. The highest BCUT2D eigenvalue weighted by atomic mass is 32.3. The minimum atomic E-state index is -4.82. The van der Waals surface area contributed by atoms with Gasteiger partial charge < -0.3 is 25.5 Å². The lowest BCUT2D eigenvalue weighted by molar-refractivity contribution is 0.0112. The molecule has 1 fully saturated rings. The van der Waals surface area contributed by atoms with Gasteiger partial charge in [0.15, 0.2) is 5.25 Å². The highest BCUT2D eigenvalue weighted by Crippen LogP contribution is 2.25.